The first-order valence-corrected chi connectivity index (χ1v) is 9.94. The molecule has 0 radical (unpaired) electrons. The molecule has 4 rings (SSSR count). The second kappa shape index (κ2) is 7.55. The number of nitrogens with zero attached hydrogens (tertiary/aromatic N) is 1. The van der Waals surface area contributed by atoms with Crippen LogP contribution in [0.1, 0.15) is 44.2 Å². The molecule has 0 saturated heterocycles. The maximum Gasteiger partial charge on any atom is 0.347 e. The molecular formula is C23H26N2O2. The highest BCUT2D eigenvalue weighted by molar-refractivity contribution is 6.02. The maximum absolute atomic E-state index is 12.6. The van der Waals surface area contributed by atoms with E-state index in [0.29, 0.717) is 17.0 Å². The summed E-state index contributed by atoms with van der Waals surface area (Å²) in [6.45, 7) is 4.49. The highest BCUT2D eigenvalue weighted by Crippen LogP contribution is 2.22. The number of hydrogen-bond acceptors (Lipinski definition) is 4. The van der Waals surface area contributed by atoms with E-state index < -0.39 is 0 Å². The first-order valence-electron chi connectivity index (χ1n) is 9.94. The van der Waals surface area contributed by atoms with Gasteiger partial charge in [0.25, 0.3) is 0 Å². The van der Waals surface area contributed by atoms with Crippen LogP contribution in [0, 0.1) is 5.92 Å². The standard InChI is InChI=1S/C23H26N2O2/c1-3-15(4-2)9-10-16-11-12-17-14-18(23(26)27-21(17)13-16)22-24-19-7-5-6-8-20(19)25-22/h5-8,11-15,19-20H,3-4,9-10H2,1-2H3,(H,24,25). The molecule has 1 aliphatic heterocycles. The zero-order valence-corrected chi connectivity index (χ0v) is 15.9. The number of fused-ring (bicyclic) bond motifs is 2. The van der Waals surface area contributed by atoms with Crippen LogP contribution in [-0.2, 0) is 6.42 Å². The smallest absolute Gasteiger partial charge is 0.347 e. The van der Waals surface area contributed by atoms with Crippen molar-refractivity contribution >= 4 is 16.8 Å². The number of amidine groups is 1. The monoisotopic (exact) mass is 362 g/mol. The van der Waals surface area contributed by atoms with Gasteiger partial charge in [0.2, 0.25) is 0 Å². The number of aliphatic imine (C=N–C) groups is 1. The Bertz CT molecular complexity index is 980. The van der Waals surface area contributed by atoms with Crippen LogP contribution in [0.5, 0.6) is 0 Å². The molecule has 2 atom stereocenters. The average molecular weight is 362 g/mol. The minimum atomic E-state index is -0.336. The summed E-state index contributed by atoms with van der Waals surface area (Å²) >= 11 is 0. The number of rotatable bonds is 6. The fraction of sp³-hybridized carbons (Fsp3) is 0.391. The van der Waals surface area contributed by atoms with Gasteiger partial charge in [-0.15, -0.1) is 0 Å². The van der Waals surface area contributed by atoms with E-state index in [1.165, 1.54) is 24.8 Å². The van der Waals surface area contributed by atoms with Gasteiger partial charge in [-0.05, 0) is 36.5 Å². The van der Waals surface area contributed by atoms with Crippen molar-refractivity contribution in [3.05, 3.63) is 70.1 Å². The molecule has 0 spiro atoms. The second-order valence-corrected chi connectivity index (χ2v) is 7.45. The van der Waals surface area contributed by atoms with Crippen LogP contribution in [0.2, 0.25) is 0 Å². The van der Waals surface area contributed by atoms with Gasteiger partial charge in [0.15, 0.2) is 0 Å². The van der Waals surface area contributed by atoms with E-state index in [0.717, 1.165) is 17.7 Å². The minimum Gasteiger partial charge on any atom is -0.422 e. The molecule has 1 aromatic carbocycles. The van der Waals surface area contributed by atoms with Gasteiger partial charge in [-0.2, -0.15) is 0 Å². The molecule has 0 fully saturated rings. The SMILES string of the molecule is CCC(CC)CCc1ccc2cc(C3=NC4C=CC=CC4N3)c(=O)oc2c1. The van der Waals surface area contributed by atoms with Crippen molar-refractivity contribution < 1.29 is 4.42 Å². The zero-order chi connectivity index (χ0) is 18.8. The van der Waals surface area contributed by atoms with Crippen molar-refractivity contribution in [2.24, 2.45) is 10.9 Å². The van der Waals surface area contributed by atoms with Gasteiger partial charge < -0.3 is 9.73 Å². The lowest BCUT2D eigenvalue weighted by atomic mass is 9.94. The first-order chi connectivity index (χ1) is 13.2. The van der Waals surface area contributed by atoms with E-state index in [4.69, 9.17) is 4.42 Å². The molecule has 0 bridgehead atoms. The summed E-state index contributed by atoms with van der Waals surface area (Å²) in [5, 5.41) is 4.26. The molecule has 140 valence electrons. The first kappa shape index (κ1) is 17.8. The van der Waals surface area contributed by atoms with Gasteiger partial charge in [0.05, 0.1) is 12.1 Å². The Kier molecular flexibility index (Phi) is 4.97. The van der Waals surface area contributed by atoms with Crippen molar-refractivity contribution in [3.63, 3.8) is 0 Å². The molecule has 1 aliphatic carbocycles. The van der Waals surface area contributed by atoms with E-state index in [1.807, 2.05) is 36.4 Å². The van der Waals surface area contributed by atoms with Crippen LogP contribution in [0.4, 0.5) is 0 Å². The van der Waals surface area contributed by atoms with Gasteiger partial charge in [-0.25, -0.2) is 4.79 Å². The Labute approximate surface area is 159 Å². The Morgan fingerprint density at radius 2 is 1.96 bits per heavy atom. The quantitative estimate of drug-likeness (QED) is 0.776. The molecule has 0 amide bonds. The minimum absolute atomic E-state index is 0.0487. The van der Waals surface area contributed by atoms with Gasteiger partial charge >= 0.3 is 5.63 Å². The predicted octanol–water partition coefficient (Wildman–Crippen LogP) is 4.37. The number of aryl methyl sites for hydroxylation is 1. The average Bonchev–Trinajstić information content (AvgIpc) is 3.12. The van der Waals surface area contributed by atoms with E-state index in [1.54, 1.807) is 0 Å². The Morgan fingerprint density at radius 3 is 2.74 bits per heavy atom. The van der Waals surface area contributed by atoms with Crippen LogP contribution in [0.3, 0.4) is 0 Å². The molecular weight excluding hydrogens is 336 g/mol. The fourth-order valence-electron chi connectivity index (χ4n) is 3.89. The number of allylic oxidation sites excluding steroid dienone is 2. The summed E-state index contributed by atoms with van der Waals surface area (Å²) in [4.78, 5) is 17.2. The van der Waals surface area contributed by atoms with Crippen LogP contribution < -0.4 is 10.9 Å². The van der Waals surface area contributed by atoms with Crippen LogP contribution in [-0.4, -0.2) is 17.9 Å². The number of benzene rings is 1. The van der Waals surface area contributed by atoms with Crippen LogP contribution in [0.15, 0.2) is 62.8 Å². The van der Waals surface area contributed by atoms with E-state index in [9.17, 15) is 4.79 Å². The predicted molar refractivity (Wildman–Crippen MR) is 110 cm³/mol. The van der Waals surface area contributed by atoms with Crippen molar-refractivity contribution in [1.82, 2.24) is 5.32 Å². The summed E-state index contributed by atoms with van der Waals surface area (Å²) in [5.41, 5.74) is 2.05. The third-order valence-corrected chi connectivity index (χ3v) is 5.74. The Hall–Kier alpha value is -2.62. The van der Waals surface area contributed by atoms with E-state index >= 15 is 0 Å². The van der Waals surface area contributed by atoms with Crippen molar-refractivity contribution in [2.75, 3.05) is 0 Å². The molecule has 2 aromatic rings. The van der Waals surface area contributed by atoms with E-state index in [-0.39, 0.29) is 17.7 Å². The van der Waals surface area contributed by atoms with E-state index in [2.05, 4.69) is 36.3 Å². The normalized spacial score (nSPS) is 20.8. The number of hydrogen-bond donors (Lipinski definition) is 1. The molecule has 1 N–H and O–H groups in total. The number of nitrogens with one attached hydrogen (secondary N) is 1. The zero-order valence-electron chi connectivity index (χ0n) is 15.9. The van der Waals surface area contributed by atoms with Gasteiger partial charge in [0.1, 0.15) is 17.0 Å². The van der Waals surface area contributed by atoms with Crippen molar-refractivity contribution in [2.45, 2.75) is 51.6 Å². The lowest BCUT2D eigenvalue weighted by Gasteiger charge is -2.13. The highest BCUT2D eigenvalue weighted by Gasteiger charge is 2.28. The van der Waals surface area contributed by atoms with Gasteiger partial charge in [0, 0.05) is 5.39 Å². The maximum atomic E-state index is 12.6. The molecule has 2 unspecified atom stereocenters. The molecule has 4 heteroatoms. The summed E-state index contributed by atoms with van der Waals surface area (Å²) < 4.78 is 5.65. The summed E-state index contributed by atoms with van der Waals surface area (Å²) in [6, 6.07) is 8.26. The summed E-state index contributed by atoms with van der Waals surface area (Å²) in [5.74, 6) is 1.38. The Morgan fingerprint density at radius 1 is 1.15 bits per heavy atom. The summed E-state index contributed by atoms with van der Waals surface area (Å²) in [7, 11) is 0. The molecule has 1 aromatic heterocycles. The molecule has 2 aliphatic rings. The molecule has 27 heavy (non-hydrogen) atoms. The topological polar surface area (TPSA) is 54.6 Å². The molecule has 2 heterocycles. The Balaban J connectivity index is 1.59. The highest BCUT2D eigenvalue weighted by atomic mass is 16.4. The van der Waals surface area contributed by atoms with Crippen LogP contribution in [0.25, 0.3) is 11.0 Å². The lowest BCUT2D eigenvalue weighted by molar-refractivity contribution is 0.456. The second-order valence-electron chi connectivity index (χ2n) is 7.45. The van der Waals surface area contributed by atoms with Crippen molar-refractivity contribution in [3.8, 4) is 0 Å². The lowest BCUT2D eigenvalue weighted by Crippen LogP contribution is -2.34. The van der Waals surface area contributed by atoms with Gasteiger partial charge in [-0.3, -0.25) is 4.99 Å². The molecule has 0 saturated carbocycles. The fourth-order valence-corrected chi connectivity index (χ4v) is 3.89. The largest absolute Gasteiger partial charge is 0.422 e. The van der Waals surface area contributed by atoms with Crippen LogP contribution >= 0.6 is 0 Å². The summed E-state index contributed by atoms with van der Waals surface area (Å²) in [6.07, 6.45) is 12.7. The third kappa shape index (κ3) is 3.61. The van der Waals surface area contributed by atoms with Gasteiger partial charge in [-0.1, -0.05) is 63.1 Å². The molecule has 4 nitrogen and oxygen atoms in total. The van der Waals surface area contributed by atoms with Crippen molar-refractivity contribution in [1.29, 1.82) is 0 Å². The third-order valence-electron chi connectivity index (χ3n) is 5.74.